The maximum atomic E-state index is 11.7. The summed E-state index contributed by atoms with van der Waals surface area (Å²) in [6.45, 7) is 11.9. The highest BCUT2D eigenvalue weighted by atomic mass is 16.2. The van der Waals surface area contributed by atoms with Gasteiger partial charge >= 0.3 is 0 Å². The van der Waals surface area contributed by atoms with Crippen LogP contribution in [-0.4, -0.2) is 18.0 Å². The predicted molar refractivity (Wildman–Crippen MR) is 79.0 cm³/mol. The largest absolute Gasteiger partial charge is 0.400 e. The molecule has 0 radical (unpaired) electrons. The average molecular weight is 252 g/mol. The molecule has 0 aliphatic rings. The van der Waals surface area contributed by atoms with Gasteiger partial charge in [-0.25, -0.2) is 0 Å². The Balaban J connectivity index is 0. The minimum Gasteiger partial charge on any atom is -0.400 e. The van der Waals surface area contributed by atoms with Crippen molar-refractivity contribution < 1.29 is 9.90 Å². The lowest BCUT2D eigenvalue weighted by atomic mass is 9.79. The zero-order valence-corrected chi connectivity index (χ0v) is 12.9. The van der Waals surface area contributed by atoms with Crippen LogP contribution >= 0.6 is 0 Å². The summed E-state index contributed by atoms with van der Waals surface area (Å²) in [7, 11) is 1.00. The predicted octanol–water partition coefficient (Wildman–Crippen LogP) is 3.89. The van der Waals surface area contributed by atoms with Crippen LogP contribution in [0.1, 0.15) is 52.2 Å². The van der Waals surface area contributed by atoms with Crippen LogP contribution in [-0.2, 0) is 10.2 Å². The van der Waals surface area contributed by atoms with E-state index < -0.39 is 0 Å². The third-order valence-electron chi connectivity index (χ3n) is 2.79. The van der Waals surface area contributed by atoms with Crippen LogP contribution in [0, 0.1) is 6.92 Å². The van der Waals surface area contributed by atoms with Crippen LogP contribution in [0.5, 0.6) is 0 Å². The van der Waals surface area contributed by atoms with Gasteiger partial charge in [-0.15, -0.1) is 0 Å². The van der Waals surface area contributed by atoms with E-state index in [1.54, 1.807) is 0 Å². The van der Waals surface area contributed by atoms with Crippen LogP contribution in [0.15, 0.2) is 24.3 Å². The zero-order valence-electron chi connectivity index (χ0n) is 12.9. The Morgan fingerprint density at radius 3 is 1.83 bits per heavy atom. The molecule has 1 rings (SSSR count). The van der Waals surface area contributed by atoms with Gasteiger partial charge in [0.15, 0.2) is 0 Å². The minimum absolute atomic E-state index is 0.293. The number of rotatable bonds is 3. The van der Waals surface area contributed by atoms with E-state index in [1.165, 1.54) is 5.56 Å². The Morgan fingerprint density at radius 2 is 1.50 bits per heavy atom. The molecule has 2 nitrogen and oxygen atoms in total. The summed E-state index contributed by atoms with van der Waals surface area (Å²) in [5.41, 5.74) is 1.99. The first-order chi connectivity index (χ1) is 8.48. The highest BCUT2D eigenvalue weighted by molar-refractivity contribution is 5.89. The van der Waals surface area contributed by atoms with Crippen molar-refractivity contribution in [2.45, 2.75) is 53.4 Å². The van der Waals surface area contributed by atoms with Crippen molar-refractivity contribution in [1.29, 1.82) is 0 Å². The minimum atomic E-state index is -0.345. The summed E-state index contributed by atoms with van der Waals surface area (Å²) in [5, 5.41) is 7.00. The van der Waals surface area contributed by atoms with Gasteiger partial charge in [0.1, 0.15) is 5.78 Å². The van der Waals surface area contributed by atoms with E-state index in [2.05, 4.69) is 19.1 Å². The lowest BCUT2D eigenvalue weighted by Crippen LogP contribution is -2.28. The number of aliphatic hydroxyl groups excluding tert-OH is 1. The normalized spacial score (nSPS) is 9.56. The van der Waals surface area contributed by atoms with Gasteiger partial charge in [-0.05, 0) is 26.3 Å². The van der Waals surface area contributed by atoms with Crippen LogP contribution < -0.4 is 0 Å². The maximum Gasteiger partial charge on any atom is 0.142 e. The summed E-state index contributed by atoms with van der Waals surface area (Å²) in [6, 6.07) is 8.20. The topological polar surface area (TPSA) is 37.3 Å². The number of carbonyl (C=O) groups is 1. The van der Waals surface area contributed by atoms with Crippen molar-refractivity contribution in [1.82, 2.24) is 0 Å². The van der Waals surface area contributed by atoms with Crippen LogP contribution in [0.2, 0.25) is 0 Å². The molecule has 0 aromatic heterocycles. The van der Waals surface area contributed by atoms with Crippen molar-refractivity contribution in [3.8, 4) is 0 Å². The lowest BCUT2D eigenvalue weighted by molar-refractivity contribution is -0.123. The van der Waals surface area contributed by atoms with Crippen molar-refractivity contribution in [3.05, 3.63) is 35.4 Å². The van der Waals surface area contributed by atoms with E-state index >= 15 is 0 Å². The Labute approximate surface area is 112 Å². The van der Waals surface area contributed by atoms with Gasteiger partial charge in [0.05, 0.1) is 0 Å². The second kappa shape index (κ2) is 9.84. The van der Waals surface area contributed by atoms with E-state index in [0.717, 1.165) is 12.7 Å². The molecule has 0 aliphatic carbocycles. The number of ketones is 1. The van der Waals surface area contributed by atoms with Gasteiger partial charge in [-0.2, -0.15) is 0 Å². The smallest absolute Gasteiger partial charge is 0.142 e. The third kappa shape index (κ3) is 5.46. The van der Waals surface area contributed by atoms with Gasteiger partial charge in [-0.3, -0.25) is 4.79 Å². The number of benzene rings is 1. The van der Waals surface area contributed by atoms with Gasteiger partial charge < -0.3 is 5.11 Å². The Morgan fingerprint density at radius 1 is 1.11 bits per heavy atom. The van der Waals surface area contributed by atoms with Crippen LogP contribution in [0.4, 0.5) is 0 Å². The highest BCUT2D eigenvalue weighted by Crippen LogP contribution is 2.25. The molecule has 0 unspecified atom stereocenters. The quantitative estimate of drug-likeness (QED) is 0.886. The third-order valence-corrected chi connectivity index (χ3v) is 2.79. The first kappa shape index (κ1) is 19.2. The summed E-state index contributed by atoms with van der Waals surface area (Å²) in [6.07, 6.45) is 0.598. The van der Waals surface area contributed by atoms with Gasteiger partial charge in [0.25, 0.3) is 0 Å². The molecular weight excluding hydrogens is 224 g/mol. The molecule has 0 atom stereocenters. The molecule has 104 valence electrons. The molecule has 0 heterocycles. The van der Waals surface area contributed by atoms with Crippen LogP contribution in [0.25, 0.3) is 0 Å². The molecule has 18 heavy (non-hydrogen) atoms. The molecule has 1 aromatic rings. The van der Waals surface area contributed by atoms with Crippen molar-refractivity contribution in [3.63, 3.8) is 0 Å². The molecule has 0 spiro atoms. The van der Waals surface area contributed by atoms with E-state index in [9.17, 15) is 4.79 Å². The molecule has 1 aromatic carbocycles. The second-order valence-electron chi connectivity index (χ2n) is 4.27. The molecular formula is C16H28O2. The molecule has 0 bridgehead atoms. The van der Waals surface area contributed by atoms with Crippen molar-refractivity contribution >= 4 is 5.78 Å². The SMILES string of the molecule is CC.CCC(=O)C(C)(C)c1ccc(C)cc1.CO. The Kier molecular flexibility index (Phi) is 10.5. The van der Waals surface area contributed by atoms with Crippen molar-refractivity contribution in [2.75, 3.05) is 7.11 Å². The summed E-state index contributed by atoms with van der Waals surface area (Å²) >= 11 is 0. The van der Waals surface area contributed by atoms with Gasteiger partial charge in [0.2, 0.25) is 0 Å². The van der Waals surface area contributed by atoms with Gasteiger partial charge in [-0.1, -0.05) is 50.6 Å². The molecule has 2 heteroatoms. The maximum absolute atomic E-state index is 11.7. The number of carbonyl (C=O) groups excluding carboxylic acids is 1. The number of Topliss-reactive ketones (excluding diaryl/α,β-unsaturated/α-hetero) is 1. The molecule has 1 N–H and O–H groups in total. The molecule has 0 fully saturated rings. The summed E-state index contributed by atoms with van der Waals surface area (Å²) in [5.74, 6) is 0.293. The number of aliphatic hydroxyl groups is 1. The fraction of sp³-hybridized carbons (Fsp3) is 0.562. The molecule has 0 aliphatic heterocycles. The van der Waals surface area contributed by atoms with Gasteiger partial charge in [0, 0.05) is 18.9 Å². The van der Waals surface area contributed by atoms with E-state index in [1.807, 2.05) is 46.8 Å². The fourth-order valence-corrected chi connectivity index (χ4v) is 1.57. The van der Waals surface area contributed by atoms with Crippen molar-refractivity contribution in [2.24, 2.45) is 0 Å². The van der Waals surface area contributed by atoms with E-state index in [4.69, 9.17) is 5.11 Å². The highest BCUT2D eigenvalue weighted by Gasteiger charge is 2.27. The van der Waals surface area contributed by atoms with Crippen LogP contribution in [0.3, 0.4) is 0 Å². The standard InChI is InChI=1S/C13H18O.C2H6.CH4O/c1-5-12(14)13(3,4)11-8-6-10(2)7-9-11;2*1-2/h6-9H,5H2,1-4H3;1-2H3;2H,1H3. The fourth-order valence-electron chi connectivity index (χ4n) is 1.57. The number of hydrogen-bond acceptors (Lipinski definition) is 2. The number of hydrogen-bond donors (Lipinski definition) is 1. The van der Waals surface area contributed by atoms with E-state index in [-0.39, 0.29) is 5.41 Å². The summed E-state index contributed by atoms with van der Waals surface area (Å²) < 4.78 is 0. The number of aryl methyl sites for hydroxylation is 1. The monoisotopic (exact) mass is 252 g/mol. The Hall–Kier alpha value is -1.15. The van der Waals surface area contributed by atoms with E-state index in [0.29, 0.717) is 12.2 Å². The molecule has 0 saturated carbocycles. The summed E-state index contributed by atoms with van der Waals surface area (Å²) in [4.78, 5) is 11.7. The first-order valence-corrected chi connectivity index (χ1v) is 6.53. The lowest BCUT2D eigenvalue weighted by Gasteiger charge is -2.23. The second-order valence-corrected chi connectivity index (χ2v) is 4.27. The average Bonchev–Trinajstić information content (AvgIpc) is 2.42. The Bertz CT molecular complexity index is 323. The zero-order chi connectivity index (χ0) is 14.8. The molecule has 0 saturated heterocycles. The molecule has 0 amide bonds. The first-order valence-electron chi connectivity index (χ1n) is 6.53.